The highest BCUT2D eigenvalue weighted by atomic mass is 16.7. The minimum absolute atomic E-state index is 0.245. The van der Waals surface area contributed by atoms with E-state index in [4.69, 9.17) is 18.9 Å². The second-order valence-electron chi connectivity index (χ2n) is 5.43. The molecule has 0 radical (unpaired) electrons. The van der Waals surface area contributed by atoms with Gasteiger partial charge in [-0.15, -0.1) is 0 Å². The third-order valence-corrected chi connectivity index (χ3v) is 3.99. The molecule has 0 saturated carbocycles. The Labute approximate surface area is 130 Å². The van der Waals surface area contributed by atoms with Gasteiger partial charge in [0.2, 0.25) is 0 Å². The van der Waals surface area contributed by atoms with Gasteiger partial charge < -0.3 is 18.9 Å². The molecule has 2 fully saturated rings. The maximum atomic E-state index is 11.8. The summed E-state index contributed by atoms with van der Waals surface area (Å²) < 4.78 is 22.0. The van der Waals surface area contributed by atoms with Crippen LogP contribution in [0.2, 0.25) is 0 Å². The molecule has 122 valence electrons. The van der Waals surface area contributed by atoms with Crippen molar-refractivity contribution >= 4 is 11.9 Å². The van der Waals surface area contributed by atoms with Crippen LogP contribution in [0.1, 0.15) is 27.7 Å². The summed E-state index contributed by atoms with van der Waals surface area (Å²) in [7, 11) is 0. The van der Waals surface area contributed by atoms with Crippen molar-refractivity contribution in [2.24, 2.45) is 0 Å². The molecule has 0 amide bonds. The summed E-state index contributed by atoms with van der Waals surface area (Å²) >= 11 is 0. The number of fused-ring (bicyclic) bond motifs is 1. The first kappa shape index (κ1) is 16.7. The Hall–Kier alpha value is -1.66. The molecule has 2 rings (SSSR count). The molecule has 0 aromatic rings. The summed E-state index contributed by atoms with van der Waals surface area (Å²) in [6.45, 7) is 7.42. The fourth-order valence-corrected chi connectivity index (χ4v) is 2.33. The van der Waals surface area contributed by atoms with E-state index in [1.54, 1.807) is 39.8 Å². The van der Waals surface area contributed by atoms with Gasteiger partial charge >= 0.3 is 11.9 Å². The van der Waals surface area contributed by atoms with Crippen LogP contribution in [0.5, 0.6) is 0 Å². The molecule has 2 saturated heterocycles. The number of hydrogen-bond donors (Lipinski definition) is 0. The first-order valence-electron chi connectivity index (χ1n) is 7.39. The minimum Gasteiger partial charge on any atom is -0.454 e. The molecule has 2 aliphatic heterocycles. The van der Waals surface area contributed by atoms with E-state index in [0.717, 1.165) is 0 Å². The van der Waals surface area contributed by atoms with Crippen LogP contribution in [0.25, 0.3) is 0 Å². The fourth-order valence-electron chi connectivity index (χ4n) is 2.33. The number of rotatable bonds is 4. The Morgan fingerprint density at radius 2 is 1.23 bits per heavy atom. The average molecular weight is 310 g/mol. The third-order valence-electron chi connectivity index (χ3n) is 3.99. The van der Waals surface area contributed by atoms with Crippen LogP contribution in [0.15, 0.2) is 23.3 Å². The zero-order chi connectivity index (χ0) is 16.3. The normalized spacial score (nSPS) is 31.8. The van der Waals surface area contributed by atoms with Crippen LogP contribution in [-0.4, -0.2) is 49.6 Å². The molecule has 1 unspecified atom stereocenters. The Morgan fingerprint density at radius 3 is 1.55 bits per heavy atom. The van der Waals surface area contributed by atoms with Gasteiger partial charge in [-0.2, -0.15) is 0 Å². The lowest BCUT2D eigenvalue weighted by Gasteiger charge is -2.17. The molecular weight excluding hydrogens is 288 g/mol. The molecule has 0 aromatic carbocycles. The van der Waals surface area contributed by atoms with E-state index in [9.17, 15) is 9.59 Å². The summed E-state index contributed by atoms with van der Waals surface area (Å²) in [4.78, 5) is 23.6. The van der Waals surface area contributed by atoms with Crippen molar-refractivity contribution in [3.05, 3.63) is 23.3 Å². The molecule has 22 heavy (non-hydrogen) atoms. The molecule has 0 aromatic heterocycles. The number of ether oxygens (including phenoxy) is 4. The smallest absolute Gasteiger partial charge is 0.333 e. The van der Waals surface area contributed by atoms with Crippen LogP contribution in [0.4, 0.5) is 0 Å². The van der Waals surface area contributed by atoms with Crippen LogP contribution in [-0.2, 0) is 28.5 Å². The Bertz CT molecular complexity index is 461. The molecule has 0 aliphatic carbocycles. The van der Waals surface area contributed by atoms with Gasteiger partial charge in [0.15, 0.2) is 12.2 Å². The van der Waals surface area contributed by atoms with Crippen LogP contribution < -0.4 is 0 Å². The van der Waals surface area contributed by atoms with Crippen LogP contribution in [0.3, 0.4) is 0 Å². The van der Waals surface area contributed by atoms with E-state index in [0.29, 0.717) is 11.1 Å². The monoisotopic (exact) mass is 310 g/mol. The highest BCUT2D eigenvalue weighted by Crippen LogP contribution is 2.31. The lowest BCUT2D eigenvalue weighted by atomic mass is 10.1. The summed E-state index contributed by atoms with van der Waals surface area (Å²) in [6, 6.07) is 0. The maximum Gasteiger partial charge on any atom is 0.333 e. The Kier molecular flexibility index (Phi) is 5.37. The van der Waals surface area contributed by atoms with Crippen LogP contribution in [0, 0.1) is 0 Å². The standard InChI is InChI=1S/C16H22O6/c1-5-9(3)15(17)21-11-7-19-14-12(8-20-13(11)14)22-16(18)10(4)6-2/h5-6,11-14H,7-8H2,1-4H3/t11-,12?,13-,14-/m1/s1. The lowest BCUT2D eigenvalue weighted by Crippen LogP contribution is -2.36. The number of carbonyl (C=O) groups excluding carboxylic acids is 2. The molecule has 4 atom stereocenters. The zero-order valence-electron chi connectivity index (χ0n) is 13.3. The van der Waals surface area contributed by atoms with Gasteiger partial charge in [0.05, 0.1) is 13.2 Å². The van der Waals surface area contributed by atoms with E-state index < -0.39 is 24.4 Å². The summed E-state index contributed by atoms with van der Waals surface area (Å²) in [6.07, 6.45) is 1.65. The minimum atomic E-state index is -0.473. The van der Waals surface area contributed by atoms with Gasteiger partial charge in [-0.25, -0.2) is 9.59 Å². The number of carbonyl (C=O) groups is 2. The van der Waals surface area contributed by atoms with Gasteiger partial charge in [0.25, 0.3) is 0 Å². The van der Waals surface area contributed by atoms with Crippen molar-refractivity contribution in [3.63, 3.8) is 0 Å². The SMILES string of the molecule is CC=C(C)C(=O)OC1CO[C@H]2[C@@H]1OC[C@H]2OC(=O)C(C)=CC. The van der Waals surface area contributed by atoms with Crippen molar-refractivity contribution in [3.8, 4) is 0 Å². The predicted octanol–water partition coefficient (Wildman–Crippen LogP) is 1.54. The Morgan fingerprint density at radius 1 is 0.864 bits per heavy atom. The molecule has 6 nitrogen and oxygen atoms in total. The van der Waals surface area contributed by atoms with Gasteiger partial charge in [0, 0.05) is 11.1 Å². The topological polar surface area (TPSA) is 71.1 Å². The highest BCUT2D eigenvalue weighted by molar-refractivity contribution is 5.88. The molecule has 0 spiro atoms. The van der Waals surface area contributed by atoms with Crippen molar-refractivity contribution in [2.75, 3.05) is 13.2 Å². The number of allylic oxidation sites excluding steroid dienone is 2. The molecule has 2 heterocycles. The van der Waals surface area contributed by atoms with E-state index in [1.807, 2.05) is 0 Å². The summed E-state index contributed by atoms with van der Waals surface area (Å²) in [5, 5.41) is 0. The molecule has 6 heteroatoms. The highest BCUT2D eigenvalue weighted by Gasteiger charge is 2.51. The van der Waals surface area contributed by atoms with Crippen LogP contribution >= 0.6 is 0 Å². The predicted molar refractivity (Wildman–Crippen MR) is 78.1 cm³/mol. The average Bonchev–Trinajstić information content (AvgIpc) is 3.09. The quantitative estimate of drug-likeness (QED) is 0.579. The first-order chi connectivity index (χ1) is 10.5. The molecular formula is C16H22O6. The molecule has 0 N–H and O–H groups in total. The van der Waals surface area contributed by atoms with E-state index in [2.05, 4.69) is 0 Å². The third kappa shape index (κ3) is 3.39. The lowest BCUT2D eigenvalue weighted by molar-refractivity contribution is -0.150. The van der Waals surface area contributed by atoms with Gasteiger partial charge in [-0.1, -0.05) is 12.2 Å². The van der Waals surface area contributed by atoms with Gasteiger partial charge in [0.1, 0.15) is 12.2 Å². The van der Waals surface area contributed by atoms with Gasteiger partial charge in [-0.3, -0.25) is 0 Å². The first-order valence-corrected chi connectivity index (χ1v) is 7.39. The molecule has 0 bridgehead atoms. The van der Waals surface area contributed by atoms with Crippen molar-refractivity contribution in [1.82, 2.24) is 0 Å². The van der Waals surface area contributed by atoms with Gasteiger partial charge in [-0.05, 0) is 27.7 Å². The summed E-state index contributed by atoms with van der Waals surface area (Å²) in [5.41, 5.74) is 1.07. The number of esters is 2. The Balaban J connectivity index is 1.94. The second kappa shape index (κ2) is 7.07. The van der Waals surface area contributed by atoms with E-state index >= 15 is 0 Å². The van der Waals surface area contributed by atoms with E-state index in [1.165, 1.54) is 0 Å². The molecule has 2 aliphatic rings. The second-order valence-corrected chi connectivity index (χ2v) is 5.43. The maximum absolute atomic E-state index is 11.8. The van der Waals surface area contributed by atoms with E-state index in [-0.39, 0.29) is 25.2 Å². The van der Waals surface area contributed by atoms with Crippen molar-refractivity contribution in [2.45, 2.75) is 52.1 Å². The summed E-state index contributed by atoms with van der Waals surface area (Å²) in [5.74, 6) is -0.767. The van der Waals surface area contributed by atoms with Crippen molar-refractivity contribution in [1.29, 1.82) is 0 Å². The fraction of sp³-hybridized carbons (Fsp3) is 0.625. The van der Waals surface area contributed by atoms with Crippen molar-refractivity contribution < 1.29 is 28.5 Å². The zero-order valence-corrected chi connectivity index (χ0v) is 13.3. The number of hydrogen-bond acceptors (Lipinski definition) is 6. The largest absolute Gasteiger partial charge is 0.454 e.